The summed E-state index contributed by atoms with van der Waals surface area (Å²) in [7, 11) is -9.92. The summed E-state index contributed by atoms with van der Waals surface area (Å²) in [5, 5.41) is 10.6. The van der Waals surface area contributed by atoms with Crippen LogP contribution in [0.4, 0.5) is 0 Å². The van der Waals surface area contributed by atoms with Crippen LogP contribution in [0.3, 0.4) is 0 Å². The van der Waals surface area contributed by atoms with E-state index in [1.165, 1.54) is 186 Å². The first-order chi connectivity index (χ1) is 45.7. The van der Waals surface area contributed by atoms with Gasteiger partial charge < -0.3 is 33.8 Å². The number of carbonyl (C=O) groups is 4. The van der Waals surface area contributed by atoms with Crippen LogP contribution in [-0.2, 0) is 65.4 Å². The summed E-state index contributed by atoms with van der Waals surface area (Å²) in [6.45, 7) is 14.2. The molecular weight excluding hydrogens is 1250 g/mol. The van der Waals surface area contributed by atoms with Crippen molar-refractivity contribution in [3.63, 3.8) is 0 Å². The Kier molecular flexibility index (Phi) is 64.0. The molecule has 0 aliphatic heterocycles. The molecule has 7 atom stereocenters. The van der Waals surface area contributed by atoms with Gasteiger partial charge in [0.1, 0.15) is 19.3 Å². The van der Waals surface area contributed by atoms with Crippen LogP contribution in [0, 0.1) is 23.7 Å². The third-order valence-electron chi connectivity index (χ3n) is 18.3. The third kappa shape index (κ3) is 67.6. The Hall–Kier alpha value is -1.94. The zero-order valence-electron chi connectivity index (χ0n) is 62.3. The molecule has 0 saturated heterocycles. The Labute approximate surface area is 581 Å². The molecule has 0 spiro atoms. The molecule has 17 nitrogen and oxygen atoms in total. The maximum Gasteiger partial charge on any atom is 0.472 e. The number of rotatable bonds is 73. The maximum absolute atomic E-state index is 13.1. The topological polar surface area (TPSA) is 237 Å². The summed E-state index contributed by atoms with van der Waals surface area (Å²) in [5.41, 5.74) is 0. The lowest BCUT2D eigenvalue weighted by molar-refractivity contribution is -0.161. The standard InChI is InChI=1S/C76H148O17P2/c1-9-68(7)54-46-38-30-22-15-17-24-32-40-48-56-73(78)86-62-71(92-75(80)58-50-42-34-25-14-12-11-13-20-28-36-44-52-66(3)4)64-90-94(82,83)88-60-70(77)61-89-95(84,85)91-65-72(63-87-74(79)57-49-41-33-27-19-21-29-37-45-53-67(5)6)93-76(81)59-51-43-35-26-18-16-23-31-39-47-55-69(8)10-2/h66-72,77H,9-65H2,1-8H3,(H,82,83)(H,84,85)/t68?,69?,70-,71-,72-/m1/s1. The van der Waals surface area contributed by atoms with E-state index in [9.17, 15) is 43.2 Å². The minimum atomic E-state index is -4.96. The highest BCUT2D eigenvalue weighted by Gasteiger charge is 2.30. The van der Waals surface area contributed by atoms with E-state index in [1.54, 1.807) is 0 Å². The molecule has 564 valence electrons. The van der Waals surface area contributed by atoms with E-state index >= 15 is 0 Å². The second-order valence-electron chi connectivity index (χ2n) is 28.8. The molecule has 0 heterocycles. The quantitative estimate of drug-likeness (QED) is 0.0222. The van der Waals surface area contributed by atoms with Gasteiger partial charge in [0, 0.05) is 25.7 Å². The maximum atomic E-state index is 13.1. The summed E-state index contributed by atoms with van der Waals surface area (Å²) in [6.07, 6.45) is 49.7. The predicted octanol–water partition coefficient (Wildman–Crippen LogP) is 22.0. The third-order valence-corrected chi connectivity index (χ3v) is 20.2. The highest BCUT2D eigenvalue weighted by molar-refractivity contribution is 7.47. The minimum absolute atomic E-state index is 0.105. The molecule has 0 rings (SSSR count). The lowest BCUT2D eigenvalue weighted by Gasteiger charge is -2.21. The molecule has 0 saturated carbocycles. The van der Waals surface area contributed by atoms with E-state index in [2.05, 4.69) is 55.4 Å². The fourth-order valence-corrected chi connectivity index (χ4v) is 13.1. The van der Waals surface area contributed by atoms with Crippen molar-refractivity contribution in [3.8, 4) is 0 Å². The van der Waals surface area contributed by atoms with E-state index in [0.717, 1.165) is 114 Å². The summed E-state index contributed by atoms with van der Waals surface area (Å²) < 4.78 is 68.6. The van der Waals surface area contributed by atoms with Gasteiger partial charge >= 0.3 is 39.5 Å². The molecule has 95 heavy (non-hydrogen) atoms. The van der Waals surface area contributed by atoms with Crippen LogP contribution in [-0.4, -0.2) is 96.7 Å². The molecule has 0 bridgehead atoms. The van der Waals surface area contributed by atoms with E-state index < -0.39 is 97.5 Å². The molecule has 0 aromatic carbocycles. The number of aliphatic hydroxyl groups excluding tert-OH is 1. The molecule has 3 N–H and O–H groups in total. The number of phosphoric ester groups is 2. The number of carbonyl (C=O) groups excluding carboxylic acids is 4. The van der Waals surface area contributed by atoms with Gasteiger partial charge in [-0.1, -0.05) is 331 Å². The lowest BCUT2D eigenvalue weighted by atomic mass is 9.99. The van der Waals surface area contributed by atoms with Crippen molar-refractivity contribution in [1.82, 2.24) is 0 Å². The summed E-state index contributed by atoms with van der Waals surface area (Å²) in [5.74, 6) is 1.01. The van der Waals surface area contributed by atoms with E-state index in [0.29, 0.717) is 25.7 Å². The number of hydrogen-bond donors (Lipinski definition) is 3. The van der Waals surface area contributed by atoms with Gasteiger partial charge in [0.2, 0.25) is 0 Å². The van der Waals surface area contributed by atoms with Crippen molar-refractivity contribution >= 4 is 39.5 Å². The van der Waals surface area contributed by atoms with Crippen molar-refractivity contribution < 1.29 is 80.2 Å². The van der Waals surface area contributed by atoms with Crippen LogP contribution >= 0.6 is 15.6 Å². The number of esters is 4. The van der Waals surface area contributed by atoms with E-state index in [-0.39, 0.29) is 25.7 Å². The Balaban J connectivity index is 5.29. The van der Waals surface area contributed by atoms with Crippen molar-refractivity contribution in [1.29, 1.82) is 0 Å². The van der Waals surface area contributed by atoms with Crippen molar-refractivity contribution in [2.24, 2.45) is 23.7 Å². The van der Waals surface area contributed by atoms with E-state index in [4.69, 9.17) is 37.0 Å². The monoisotopic (exact) mass is 1400 g/mol. The second kappa shape index (κ2) is 65.4. The second-order valence-corrected chi connectivity index (χ2v) is 31.7. The minimum Gasteiger partial charge on any atom is -0.462 e. The Morgan fingerprint density at radius 3 is 0.747 bits per heavy atom. The number of phosphoric acid groups is 2. The fraction of sp³-hybridized carbons (Fsp3) is 0.947. The number of aliphatic hydroxyl groups is 1. The highest BCUT2D eigenvalue weighted by atomic mass is 31.2. The molecule has 0 aliphatic rings. The number of hydrogen-bond acceptors (Lipinski definition) is 15. The van der Waals surface area contributed by atoms with Gasteiger partial charge in [-0.05, 0) is 49.4 Å². The predicted molar refractivity (Wildman–Crippen MR) is 386 cm³/mol. The van der Waals surface area contributed by atoms with Crippen LogP contribution in [0.1, 0.15) is 383 Å². The van der Waals surface area contributed by atoms with E-state index in [1.807, 2.05) is 0 Å². The molecule has 0 radical (unpaired) electrons. The average Bonchev–Trinajstić information content (AvgIpc) is 1.52. The van der Waals surface area contributed by atoms with Crippen molar-refractivity contribution in [3.05, 3.63) is 0 Å². The Morgan fingerprint density at radius 2 is 0.505 bits per heavy atom. The van der Waals surface area contributed by atoms with Crippen LogP contribution in [0.15, 0.2) is 0 Å². The highest BCUT2D eigenvalue weighted by Crippen LogP contribution is 2.45. The zero-order valence-corrected chi connectivity index (χ0v) is 64.1. The summed E-state index contributed by atoms with van der Waals surface area (Å²) in [6, 6.07) is 0. The van der Waals surface area contributed by atoms with Gasteiger partial charge in [0.05, 0.1) is 26.4 Å². The van der Waals surface area contributed by atoms with Crippen molar-refractivity contribution in [2.45, 2.75) is 401 Å². The Bertz CT molecular complexity index is 1870. The SMILES string of the molecule is CCC(C)CCCCCCCCCCCCC(=O)OC[C@H](COP(=O)(O)OC[C@@H](O)COP(=O)(O)OC[C@@H](COC(=O)CCCCCCCCCCCC(C)C)OC(=O)CCCCCCCCCCCCC(C)CC)OC(=O)CCCCCCCCCCCCCCC(C)C. The molecule has 4 unspecified atom stereocenters. The van der Waals surface area contributed by atoms with Gasteiger partial charge in [0.15, 0.2) is 12.2 Å². The molecule has 19 heteroatoms. The van der Waals surface area contributed by atoms with Crippen LogP contribution in [0.5, 0.6) is 0 Å². The molecule has 0 aromatic rings. The first kappa shape index (κ1) is 93.1. The first-order valence-corrected chi connectivity index (χ1v) is 42.3. The molecular formula is C76H148O17P2. The smallest absolute Gasteiger partial charge is 0.462 e. The van der Waals surface area contributed by atoms with Crippen LogP contribution < -0.4 is 0 Å². The average molecular weight is 1400 g/mol. The number of ether oxygens (including phenoxy) is 4. The summed E-state index contributed by atoms with van der Waals surface area (Å²) in [4.78, 5) is 72.9. The summed E-state index contributed by atoms with van der Waals surface area (Å²) >= 11 is 0. The van der Waals surface area contributed by atoms with Crippen LogP contribution in [0.2, 0.25) is 0 Å². The van der Waals surface area contributed by atoms with Crippen LogP contribution in [0.25, 0.3) is 0 Å². The largest absolute Gasteiger partial charge is 0.472 e. The van der Waals surface area contributed by atoms with Gasteiger partial charge in [-0.15, -0.1) is 0 Å². The number of unbranched alkanes of at least 4 members (excludes halogenated alkanes) is 37. The first-order valence-electron chi connectivity index (χ1n) is 39.3. The van der Waals surface area contributed by atoms with Gasteiger partial charge in [-0.3, -0.25) is 37.3 Å². The van der Waals surface area contributed by atoms with Gasteiger partial charge in [-0.2, -0.15) is 0 Å². The van der Waals surface area contributed by atoms with Crippen molar-refractivity contribution in [2.75, 3.05) is 39.6 Å². The normalized spacial score (nSPS) is 14.7. The van der Waals surface area contributed by atoms with Gasteiger partial charge in [0.25, 0.3) is 0 Å². The Morgan fingerprint density at radius 1 is 0.295 bits per heavy atom. The molecule has 0 aliphatic carbocycles. The molecule has 0 aromatic heterocycles. The zero-order chi connectivity index (χ0) is 70.3. The van der Waals surface area contributed by atoms with Gasteiger partial charge in [-0.25, -0.2) is 9.13 Å². The lowest BCUT2D eigenvalue weighted by Crippen LogP contribution is -2.30. The molecule has 0 amide bonds. The molecule has 0 fully saturated rings. The fourth-order valence-electron chi connectivity index (χ4n) is 11.5.